The lowest BCUT2D eigenvalue weighted by molar-refractivity contribution is 0.174. The Balaban J connectivity index is 2.47. The number of nitriles is 1. The Bertz CT molecular complexity index is 384. The van der Waals surface area contributed by atoms with Crippen LogP contribution in [-0.4, -0.2) is 6.79 Å². The summed E-state index contributed by atoms with van der Waals surface area (Å²) in [7, 11) is 0. The van der Waals surface area contributed by atoms with Gasteiger partial charge in [0.05, 0.1) is 17.5 Å². The van der Waals surface area contributed by atoms with Gasteiger partial charge in [-0.25, -0.2) is 0 Å². The summed E-state index contributed by atoms with van der Waals surface area (Å²) < 4.78 is 10.3. The van der Waals surface area contributed by atoms with Crippen LogP contribution in [0.1, 0.15) is 5.56 Å². The van der Waals surface area contributed by atoms with E-state index in [-0.39, 0.29) is 13.2 Å². The van der Waals surface area contributed by atoms with Crippen molar-refractivity contribution in [1.82, 2.24) is 0 Å². The van der Waals surface area contributed by atoms with Crippen LogP contribution >= 0.6 is 11.6 Å². The number of fused-ring (bicyclic) bond motifs is 1. The maximum Gasteiger partial charge on any atom is 0.231 e. The third-order valence-corrected chi connectivity index (χ3v) is 2.24. The number of benzene rings is 1. The van der Waals surface area contributed by atoms with Gasteiger partial charge >= 0.3 is 0 Å². The van der Waals surface area contributed by atoms with E-state index >= 15 is 0 Å². The topological polar surface area (TPSA) is 42.2 Å². The van der Waals surface area contributed by atoms with E-state index in [2.05, 4.69) is 0 Å². The first-order valence-electron chi connectivity index (χ1n) is 3.77. The highest BCUT2D eigenvalue weighted by atomic mass is 35.5. The number of halogens is 1. The summed E-state index contributed by atoms with van der Waals surface area (Å²) >= 11 is 5.98. The summed E-state index contributed by atoms with van der Waals surface area (Å²) in [5, 5.41) is 8.99. The lowest BCUT2D eigenvalue weighted by atomic mass is 10.1. The zero-order valence-electron chi connectivity index (χ0n) is 6.71. The van der Waals surface area contributed by atoms with Crippen molar-refractivity contribution in [3.05, 3.63) is 22.7 Å². The Kier molecular flexibility index (Phi) is 1.99. The molecule has 4 heteroatoms. The molecule has 0 bridgehead atoms. The van der Waals surface area contributed by atoms with Crippen molar-refractivity contribution in [3.8, 4) is 17.6 Å². The first-order chi connectivity index (χ1) is 6.33. The van der Waals surface area contributed by atoms with Crippen molar-refractivity contribution in [2.75, 3.05) is 6.79 Å². The minimum atomic E-state index is 0.199. The average Bonchev–Trinajstić information content (AvgIpc) is 2.58. The number of hydrogen-bond acceptors (Lipinski definition) is 3. The SMILES string of the molecule is N#CCc1ccc2c(c1Cl)OCO2. The van der Waals surface area contributed by atoms with Crippen molar-refractivity contribution in [1.29, 1.82) is 5.26 Å². The van der Waals surface area contributed by atoms with Gasteiger partial charge in [0.25, 0.3) is 0 Å². The zero-order valence-corrected chi connectivity index (χ0v) is 7.47. The molecule has 1 aromatic carbocycles. The summed E-state index contributed by atoms with van der Waals surface area (Å²) in [4.78, 5) is 0. The molecule has 1 heterocycles. The highest BCUT2D eigenvalue weighted by Gasteiger charge is 2.18. The minimum Gasteiger partial charge on any atom is -0.454 e. The molecule has 0 aliphatic carbocycles. The number of hydrogen-bond donors (Lipinski definition) is 0. The van der Waals surface area contributed by atoms with Crippen LogP contribution in [0.25, 0.3) is 0 Å². The Morgan fingerprint density at radius 2 is 2.31 bits per heavy atom. The molecular formula is C9H6ClNO2. The smallest absolute Gasteiger partial charge is 0.231 e. The van der Waals surface area contributed by atoms with Crippen LogP contribution in [0, 0.1) is 11.3 Å². The summed E-state index contributed by atoms with van der Waals surface area (Å²) in [6, 6.07) is 5.58. The molecule has 0 fully saturated rings. The van der Waals surface area contributed by atoms with E-state index in [1.807, 2.05) is 6.07 Å². The van der Waals surface area contributed by atoms with Crippen LogP contribution in [0.15, 0.2) is 12.1 Å². The second kappa shape index (κ2) is 3.15. The molecule has 66 valence electrons. The summed E-state index contributed by atoms with van der Waals surface area (Å²) in [6.45, 7) is 0.199. The third kappa shape index (κ3) is 1.30. The zero-order chi connectivity index (χ0) is 9.26. The van der Waals surface area contributed by atoms with E-state index in [9.17, 15) is 0 Å². The highest BCUT2D eigenvalue weighted by molar-refractivity contribution is 6.33. The van der Waals surface area contributed by atoms with Gasteiger partial charge in [-0.2, -0.15) is 5.26 Å². The van der Waals surface area contributed by atoms with Crippen molar-refractivity contribution in [2.24, 2.45) is 0 Å². The molecule has 0 spiro atoms. The Labute approximate surface area is 80.4 Å². The fourth-order valence-corrected chi connectivity index (χ4v) is 1.48. The normalized spacial score (nSPS) is 12.6. The molecule has 13 heavy (non-hydrogen) atoms. The van der Waals surface area contributed by atoms with Gasteiger partial charge in [-0.05, 0) is 11.6 Å². The maximum absolute atomic E-state index is 8.51. The molecular weight excluding hydrogens is 190 g/mol. The predicted octanol–water partition coefficient (Wildman–Crippen LogP) is 2.13. The lowest BCUT2D eigenvalue weighted by Gasteiger charge is -2.02. The third-order valence-electron chi connectivity index (χ3n) is 1.83. The summed E-state index contributed by atoms with van der Waals surface area (Å²) in [5.74, 6) is 1.20. The van der Waals surface area contributed by atoms with E-state index in [4.69, 9.17) is 26.3 Å². The van der Waals surface area contributed by atoms with E-state index < -0.39 is 0 Å². The van der Waals surface area contributed by atoms with Crippen LogP contribution in [-0.2, 0) is 6.42 Å². The molecule has 0 N–H and O–H groups in total. The molecule has 1 aliphatic rings. The molecule has 0 saturated heterocycles. The number of rotatable bonds is 1. The minimum absolute atomic E-state index is 0.199. The van der Waals surface area contributed by atoms with Gasteiger partial charge in [0.2, 0.25) is 6.79 Å². The largest absolute Gasteiger partial charge is 0.454 e. The fraction of sp³-hybridized carbons (Fsp3) is 0.222. The summed E-state index contributed by atoms with van der Waals surface area (Å²) in [6.07, 6.45) is 0.287. The lowest BCUT2D eigenvalue weighted by Crippen LogP contribution is -1.93. The van der Waals surface area contributed by atoms with Gasteiger partial charge in [-0.3, -0.25) is 0 Å². The summed E-state index contributed by atoms with van der Waals surface area (Å²) in [5.41, 5.74) is 0.772. The molecule has 0 saturated carbocycles. The van der Waals surface area contributed by atoms with Gasteiger partial charge in [-0.15, -0.1) is 0 Å². The monoisotopic (exact) mass is 195 g/mol. The van der Waals surface area contributed by atoms with Gasteiger partial charge in [0, 0.05) is 0 Å². The predicted molar refractivity (Wildman–Crippen MR) is 46.9 cm³/mol. The first kappa shape index (κ1) is 8.21. The van der Waals surface area contributed by atoms with Crippen LogP contribution < -0.4 is 9.47 Å². The van der Waals surface area contributed by atoms with Crippen molar-refractivity contribution in [2.45, 2.75) is 6.42 Å². The Hall–Kier alpha value is -1.40. The Morgan fingerprint density at radius 3 is 3.08 bits per heavy atom. The fourth-order valence-electron chi connectivity index (χ4n) is 1.20. The highest BCUT2D eigenvalue weighted by Crippen LogP contribution is 2.40. The quantitative estimate of drug-likeness (QED) is 0.690. The molecule has 3 nitrogen and oxygen atoms in total. The van der Waals surface area contributed by atoms with Gasteiger partial charge in [0.15, 0.2) is 11.5 Å². The van der Waals surface area contributed by atoms with E-state index in [1.165, 1.54) is 0 Å². The van der Waals surface area contributed by atoms with Crippen molar-refractivity contribution < 1.29 is 9.47 Å². The second-order valence-electron chi connectivity index (χ2n) is 2.61. The van der Waals surface area contributed by atoms with E-state index in [0.29, 0.717) is 16.5 Å². The first-order valence-corrected chi connectivity index (χ1v) is 4.14. The molecule has 0 radical (unpaired) electrons. The number of ether oxygens (including phenoxy) is 2. The van der Waals surface area contributed by atoms with Crippen molar-refractivity contribution >= 4 is 11.6 Å². The molecule has 1 aromatic rings. The van der Waals surface area contributed by atoms with Crippen LogP contribution in [0.3, 0.4) is 0 Å². The molecule has 0 aromatic heterocycles. The maximum atomic E-state index is 8.51. The second-order valence-corrected chi connectivity index (χ2v) is 2.99. The van der Waals surface area contributed by atoms with E-state index in [0.717, 1.165) is 5.56 Å². The molecule has 0 amide bonds. The average molecular weight is 196 g/mol. The van der Waals surface area contributed by atoms with E-state index in [1.54, 1.807) is 12.1 Å². The van der Waals surface area contributed by atoms with Gasteiger partial charge in [-0.1, -0.05) is 17.7 Å². The molecule has 1 aliphatic heterocycles. The molecule has 0 unspecified atom stereocenters. The molecule has 2 rings (SSSR count). The standard InChI is InChI=1S/C9H6ClNO2/c10-8-6(3-4-11)1-2-7-9(8)13-5-12-7/h1-2H,3,5H2. The van der Waals surface area contributed by atoms with Gasteiger partial charge in [0.1, 0.15) is 0 Å². The van der Waals surface area contributed by atoms with Crippen LogP contribution in [0.4, 0.5) is 0 Å². The van der Waals surface area contributed by atoms with Gasteiger partial charge < -0.3 is 9.47 Å². The molecule has 0 atom stereocenters. The van der Waals surface area contributed by atoms with Crippen LogP contribution in [0.5, 0.6) is 11.5 Å². The van der Waals surface area contributed by atoms with Crippen molar-refractivity contribution in [3.63, 3.8) is 0 Å². The Morgan fingerprint density at radius 1 is 1.46 bits per heavy atom. The number of nitrogens with zero attached hydrogens (tertiary/aromatic N) is 1. The van der Waals surface area contributed by atoms with Crippen LogP contribution in [0.2, 0.25) is 5.02 Å².